The second-order valence-corrected chi connectivity index (χ2v) is 9.41. The number of benzene rings is 1. The van der Waals surface area contributed by atoms with Gasteiger partial charge in [-0.2, -0.15) is 0 Å². The van der Waals surface area contributed by atoms with Gasteiger partial charge in [0.15, 0.2) is 0 Å². The van der Waals surface area contributed by atoms with Gasteiger partial charge in [0.25, 0.3) is 0 Å². The molecule has 5 rings (SSSR count). The number of aliphatic hydroxyl groups is 1. The summed E-state index contributed by atoms with van der Waals surface area (Å²) in [5, 5.41) is 12.4. The van der Waals surface area contributed by atoms with Crippen molar-refractivity contribution in [3.63, 3.8) is 0 Å². The third-order valence-electron chi connectivity index (χ3n) is 7.42. The molecule has 1 atom stereocenters. The van der Waals surface area contributed by atoms with Crippen molar-refractivity contribution in [2.24, 2.45) is 23.2 Å². The highest BCUT2D eigenvalue weighted by molar-refractivity contribution is 6.35. The summed E-state index contributed by atoms with van der Waals surface area (Å²) in [5.41, 5.74) is 1.12. The van der Waals surface area contributed by atoms with Crippen LogP contribution in [0.25, 0.3) is 0 Å². The summed E-state index contributed by atoms with van der Waals surface area (Å²) < 4.78 is 0. The quantitative estimate of drug-likeness (QED) is 0.741. The van der Waals surface area contributed by atoms with Crippen molar-refractivity contribution in [3.8, 4) is 0 Å². The van der Waals surface area contributed by atoms with Gasteiger partial charge in [-0.05, 0) is 74.2 Å². The van der Waals surface area contributed by atoms with E-state index in [-0.39, 0.29) is 24.6 Å². The average molecular weight is 385 g/mol. The Kier molecular flexibility index (Phi) is 5.46. The molecule has 28 heavy (non-hydrogen) atoms. The molecule has 4 saturated carbocycles. The van der Waals surface area contributed by atoms with Crippen molar-refractivity contribution in [1.82, 2.24) is 10.2 Å². The summed E-state index contributed by atoms with van der Waals surface area (Å²) in [5.74, 6) is 1.35. The third kappa shape index (κ3) is 3.82. The van der Waals surface area contributed by atoms with Crippen molar-refractivity contribution < 1.29 is 14.7 Å². The minimum atomic E-state index is -0.547. The van der Waals surface area contributed by atoms with Crippen LogP contribution >= 0.6 is 0 Å². The number of rotatable bonds is 6. The molecule has 5 nitrogen and oxygen atoms in total. The highest BCUT2D eigenvalue weighted by Gasteiger charge is 2.53. The summed E-state index contributed by atoms with van der Waals surface area (Å²) in [6.45, 7) is 2.43. The molecule has 4 aliphatic carbocycles. The Morgan fingerprint density at radius 2 is 1.68 bits per heavy atom. The van der Waals surface area contributed by atoms with Crippen LogP contribution in [0.4, 0.5) is 0 Å². The zero-order valence-corrected chi connectivity index (χ0v) is 16.8. The van der Waals surface area contributed by atoms with E-state index in [1.54, 1.807) is 0 Å². The van der Waals surface area contributed by atoms with Gasteiger partial charge in [-0.1, -0.05) is 30.3 Å². The normalized spacial score (nSPS) is 31.4. The molecule has 0 aromatic heterocycles. The van der Waals surface area contributed by atoms with Gasteiger partial charge < -0.3 is 15.3 Å². The number of carbonyl (C=O) groups excluding carboxylic acids is 2. The monoisotopic (exact) mass is 384 g/mol. The molecule has 0 spiro atoms. The Bertz CT molecular complexity index is 683. The highest BCUT2D eigenvalue weighted by atomic mass is 16.3. The first kappa shape index (κ1) is 19.4. The molecule has 1 aromatic rings. The van der Waals surface area contributed by atoms with Crippen LogP contribution in [0.1, 0.15) is 51.0 Å². The maximum absolute atomic E-state index is 12.8. The molecule has 5 heteroatoms. The fraction of sp³-hybridized carbons (Fsp3) is 0.652. The average Bonchev–Trinajstić information content (AvgIpc) is 2.66. The summed E-state index contributed by atoms with van der Waals surface area (Å²) in [4.78, 5) is 27.0. The lowest BCUT2D eigenvalue weighted by molar-refractivity contribution is -0.148. The summed E-state index contributed by atoms with van der Waals surface area (Å²) in [6, 6.07) is 9.60. The third-order valence-corrected chi connectivity index (χ3v) is 7.42. The number of hydrogen-bond acceptors (Lipinski definition) is 3. The summed E-state index contributed by atoms with van der Waals surface area (Å²) in [7, 11) is 0. The molecule has 0 saturated heterocycles. The van der Waals surface area contributed by atoms with Crippen molar-refractivity contribution in [1.29, 1.82) is 0 Å². The minimum absolute atomic E-state index is 0.0186. The van der Waals surface area contributed by atoms with Gasteiger partial charge in [-0.3, -0.25) is 9.59 Å². The van der Waals surface area contributed by atoms with E-state index in [0.717, 1.165) is 23.3 Å². The van der Waals surface area contributed by atoms with Crippen LogP contribution in [-0.4, -0.2) is 41.0 Å². The van der Waals surface area contributed by atoms with Crippen LogP contribution < -0.4 is 5.32 Å². The highest BCUT2D eigenvalue weighted by Crippen LogP contribution is 2.61. The minimum Gasteiger partial charge on any atom is -0.395 e. The van der Waals surface area contributed by atoms with Gasteiger partial charge >= 0.3 is 11.8 Å². The molecule has 4 aliphatic rings. The van der Waals surface area contributed by atoms with E-state index in [9.17, 15) is 14.7 Å². The predicted octanol–water partition coefficient (Wildman–Crippen LogP) is 2.73. The van der Waals surface area contributed by atoms with Crippen LogP contribution in [0.15, 0.2) is 30.3 Å². The molecule has 4 bridgehead atoms. The molecule has 1 aromatic carbocycles. The molecule has 2 N–H and O–H groups in total. The number of amides is 2. The second kappa shape index (κ2) is 7.86. The van der Waals surface area contributed by atoms with Gasteiger partial charge in [0.05, 0.1) is 6.61 Å². The van der Waals surface area contributed by atoms with Gasteiger partial charge in [0.2, 0.25) is 0 Å². The number of aliphatic hydroxyl groups excluding tert-OH is 1. The van der Waals surface area contributed by atoms with E-state index < -0.39 is 11.8 Å². The number of nitrogens with one attached hydrogen (secondary N) is 1. The predicted molar refractivity (Wildman–Crippen MR) is 107 cm³/mol. The Morgan fingerprint density at radius 1 is 1.11 bits per heavy atom. The van der Waals surface area contributed by atoms with Crippen LogP contribution in [0.2, 0.25) is 0 Å². The first-order valence-corrected chi connectivity index (χ1v) is 10.7. The van der Waals surface area contributed by atoms with Crippen LogP contribution in [-0.2, 0) is 16.1 Å². The van der Waals surface area contributed by atoms with E-state index in [2.05, 4.69) is 12.2 Å². The van der Waals surface area contributed by atoms with E-state index in [1.807, 2.05) is 30.3 Å². The van der Waals surface area contributed by atoms with Crippen molar-refractivity contribution in [3.05, 3.63) is 35.9 Å². The lowest BCUT2D eigenvalue weighted by Gasteiger charge is -2.59. The number of nitrogens with zero attached hydrogens (tertiary/aromatic N) is 1. The summed E-state index contributed by atoms with van der Waals surface area (Å²) >= 11 is 0. The van der Waals surface area contributed by atoms with E-state index in [4.69, 9.17) is 0 Å². The second-order valence-electron chi connectivity index (χ2n) is 9.41. The SMILES string of the molecule is CC(NC(=O)C(=O)N(CCO)Cc1ccccc1)C12CC3CC(CC(C3)C1)C2. The largest absolute Gasteiger partial charge is 0.395 e. The lowest BCUT2D eigenvalue weighted by Crippen LogP contribution is -2.57. The fourth-order valence-corrected chi connectivity index (χ4v) is 6.44. The van der Waals surface area contributed by atoms with Gasteiger partial charge in [0.1, 0.15) is 0 Å². The maximum atomic E-state index is 12.8. The van der Waals surface area contributed by atoms with Gasteiger partial charge in [0, 0.05) is 19.1 Å². The molecule has 0 aliphatic heterocycles. The molecule has 4 fully saturated rings. The van der Waals surface area contributed by atoms with E-state index in [0.29, 0.717) is 6.54 Å². The van der Waals surface area contributed by atoms with Crippen molar-refractivity contribution >= 4 is 11.8 Å². The Hall–Kier alpha value is -1.88. The van der Waals surface area contributed by atoms with Crippen molar-refractivity contribution in [2.45, 2.75) is 58.0 Å². The summed E-state index contributed by atoms with van der Waals surface area (Å²) in [6.07, 6.45) is 7.66. The topological polar surface area (TPSA) is 69.6 Å². The standard InChI is InChI=1S/C23H32N2O3/c1-16(23-12-18-9-19(13-23)11-20(10-18)14-23)24-21(27)22(28)25(7-8-26)15-17-5-3-2-4-6-17/h2-6,16,18-20,26H,7-15H2,1H3,(H,24,27). The number of hydrogen-bond donors (Lipinski definition) is 2. The Morgan fingerprint density at radius 3 is 2.21 bits per heavy atom. The number of carbonyl (C=O) groups is 2. The fourth-order valence-electron chi connectivity index (χ4n) is 6.44. The van der Waals surface area contributed by atoms with Crippen molar-refractivity contribution in [2.75, 3.05) is 13.2 Å². The molecular weight excluding hydrogens is 352 g/mol. The smallest absolute Gasteiger partial charge is 0.312 e. The first-order valence-electron chi connectivity index (χ1n) is 10.7. The van der Waals surface area contributed by atoms with Crippen LogP contribution in [0, 0.1) is 23.2 Å². The van der Waals surface area contributed by atoms with Gasteiger partial charge in [-0.25, -0.2) is 0 Å². The molecule has 0 radical (unpaired) electrons. The first-order chi connectivity index (χ1) is 13.5. The van der Waals surface area contributed by atoms with Crippen LogP contribution in [0.3, 0.4) is 0 Å². The Labute approximate surface area is 167 Å². The molecule has 152 valence electrons. The molecule has 2 amide bonds. The van der Waals surface area contributed by atoms with Crippen LogP contribution in [0.5, 0.6) is 0 Å². The molecule has 1 unspecified atom stereocenters. The van der Waals surface area contributed by atoms with E-state index in [1.165, 1.54) is 43.4 Å². The zero-order valence-electron chi connectivity index (χ0n) is 16.8. The van der Waals surface area contributed by atoms with E-state index >= 15 is 0 Å². The zero-order chi connectivity index (χ0) is 19.7. The molecule has 0 heterocycles. The van der Waals surface area contributed by atoms with Gasteiger partial charge in [-0.15, -0.1) is 0 Å². The maximum Gasteiger partial charge on any atom is 0.312 e. The lowest BCUT2D eigenvalue weighted by atomic mass is 9.48. The Balaban J connectivity index is 1.41. The molecular formula is C23H32N2O3.